The van der Waals surface area contributed by atoms with Gasteiger partial charge in [-0.05, 0) is 35.4 Å². The van der Waals surface area contributed by atoms with Gasteiger partial charge >= 0.3 is 6.01 Å². The van der Waals surface area contributed by atoms with Gasteiger partial charge < -0.3 is 13.9 Å². The van der Waals surface area contributed by atoms with Crippen LogP contribution >= 0.6 is 23.2 Å². The van der Waals surface area contributed by atoms with E-state index >= 15 is 0 Å². The molecule has 0 aliphatic rings. The van der Waals surface area contributed by atoms with Crippen molar-refractivity contribution >= 4 is 39.2 Å². The molecular weight excluding hydrogens is 501 g/mol. The summed E-state index contributed by atoms with van der Waals surface area (Å²) in [5.41, 5.74) is 2.16. The van der Waals surface area contributed by atoms with E-state index < -0.39 is 15.4 Å². The topological polar surface area (TPSA) is 114 Å². The van der Waals surface area contributed by atoms with Crippen LogP contribution in [0.15, 0.2) is 47.1 Å². The monoisotopic (exact) mass is 523 g/mol. The number of aromatic nitrogens is 1. The zero-order valence-corrected chi connectivity index (χ0v) is 21.1. The number of hydrogen-bond acceptors (Lipinski definition) is 7. The van der Waals surface area contributed by atoms with E-state index in [-0.39, 0.29) is 25.1 Å². The van der Waals surface area contributed by atoms with Crippen LogP contribution in [0.25, 0.3) is 0 Å². The number of nitrogens with zero attached hydrogens (tertiary/aromatic N) is 2. The Morgan fingerprint density at radius 3 is 2.50 bits per heavy atom. The van der Waals surface area contributed by atoms with Crippen LogP contribution in [-0.2, 0) is 22.0 Å². The number of sulfonamides is 1. The lowest BCUT2D eigenvalue weighted by Gasteiger charge is -2.27. The summed E-state index contributed by atoms with van der Waals surface area (Å²) in [6.07, 6.45) is 2.33. The van der Waals surface area contributed by atoms with Crippen molar-refractivity contribution < 1.29 is 22.3 Å². The number of nitrogens with one attached hydrogen (secondary N) is 1. The average Bonchev–Trinajstić information content (AvgIpc) is 3.22. The number of hydrogen-bond donors (Lipinski definition) is 1. The standard InChI is InChI=1S/C23H23Cl2N3O5S/c1-23(2,17-10-15(12-26)21(20(25)11-17)31-9-8-24)16-4-6-19(7-5-16)32-13-18-14-33-22(27-18)28-34(3,29)30/h4-7,10-11,14H,8-9,13H2,1-3H3,(H,27,28). The molecule has 0 unspecified atom stereocenters. The van der Waals surface area contributed by atoms with Gasteiger partial charge in [0.1, 0.15) is 37.0 Å². The number of alkyl halides is 1. The van der Waals surface area contributed by atoms with Crippen molar-refractivity contribution in [2.75, 3.05) is 23.5 Å². The zero-order chi connectivity index (χ0) is 24.9. The number of halogens is 2. The van der Waals surface area contributed by atoms with Gasteiger partial charge in [-0.25, -0.2) is 13.1 Å². The van der Waals surface area contributed by atoms with Crippen LogP contribution in [0.3, 0.4) is 0 Å². The molecule has 0 saturated heterocycles. The Balaban J connectivity index is 1.73. The third-order valence-electron chi connectivity index (χ3n) is 5.00. The van der Waals surface area contributed by atoms with Crippen LogP contribution in [0.2, 0.25) is 5.02 Å². The van der Waals surface area contributed by atoms with Crippen molar-refractivity contribution in [1.82, 2.24) is 4.98 Å². The smallest absolute Gasteiger partial charge is 0.308 e. The molecule has 180 valence electrons. The van der Waals surface area contributed by atoms with E-state index in [1.165, 1.54) is 6.26 Å². The number of ether oxygens (including phenoxy) is 2. The maximum absolute atomic E-state index is 11.2. The lowest BCUT2D eigenvalue weighted by atomic mass is 9.77. The fraction of sp³-hybridized carbons (Fsp3) is 0.304. The van der Waals surface area contributed by atoms with Crippen molar-refractivity contribution in [2.45, 2.75) is 25.9 Å². The van der Waals surface area contributed by atoms with Crippen LogP contribution in [0, 0.1) is 11.3 Å². The Kier molecular flexibility index (Phi) is 7.97. The molecule has 0 spiro atoms. The van der Waals surface area contributed by atoms with E-state index in [4.69, 9.17) is 37.1 Å². The highest BCUT2D eigenvalue weighted by atomic mass is 35.5. The maximum atomic E-state index is 11.2. The van der Waals surface area contributed by atoms with Crippen molar-refractivity contribution in [3.8, 4) is 17.6 Å². The van der Waals surface area contributed by atoms with Gasteiger partial charge in [-0.1, -0.05) is 37.6 Å². The van der Waals surface area contributed by atoms with Gasteiger partial charge in [0.05, 0.1) is 22.7 Å². The molecule has 11 heteroatoms. The van der Waals surface area contributed by atoms with Crippen molar-refractivity contribution in [3.63, 3.8) is 0 Å². The predicted octanol–water partition coefficient (Wildman–Crippen LogP) is 5.09. The third kappa shape index (κ3) is 6.35. The number of anilines is 1. The van der Waals surface area contributed by atoms with E-state index in [1.54, 1.807) is 12.1 Å². The molecule has 0 aliphatic heterocycles. The molecule has 3 aromatic rings. The Morgan fingerprint density at radius 2 is 1.88 bits per heavy atom. The molecule has 8 nitrogen and oxygen atoms in total. The number of nitriles is 1. The minimum absolute atomic E-state index is 0.0998. The molecule has 1 N–H and O–H groups in total. The van der Waals surface area contributed by atoms with Gasteiger partial charge in [-0.2, -0.15) is 10.2 Å². The van der Waals surface area contributed by atoms with Crippen molar-refractivity contribution in [2.24, 2.45) is 0 Å². The van der Waals surface area contributed by atoms with Crippen LogP contribution in [0.5, 0.6) is 11.5 Å². The summed E-state index contributed by atoms with van der Waals surface area (Å²) in [6.45, 7) is 4.41. The highest BCUT2D eigenvalue weighted by molar-refractivity contribution is 7.91. The predicted molar refractivity (Wildman–Crippen MR) is 130 cm³/mol. The van der Waals surface area contributed by atoms with Gasteiger partial charge in [0.25, 0.3) is 0 Å². The summed E-state index contributed by atoms with van der Waals surface area (Å²) in [4.78, 5) is 4.02. The van der Waals surface area contributed by atoms with Crippen LogP contribution < -0.4 is 14.2 Å². The molecule has 3 rings (SSSR count). The first-order valence-corrected chi connectivity index (χ1v) is 12.9. The fourth-order valence-electron chi connectivity index (χ4n) is 3.20. The summed E-state index contributed by atoms with van der Waals surface area (Å²) in [5.74, 6) is 1.22. The molecule has 34 heavy (non-hydrogen) atoms. The summed E-state index contributed by atoms with van der Waals surface area (Å²) >= 11 is 12.1. The largest absolute Gasteiger partial charge is 0.489 e. The molecule has 0 aliphatic carbocycles. The van der Waals surface area contributed by atoms with E-state index in [0.717, 1.165) is 17.4 Å². The van der Waals surface area contributed by atoms with Gasteiger partial charge in [0, 0.05) is 5.41 Å². The number of oxazole rings is 1. The van der Waals surface area contributed by atoms with Crippen molar-refractivity contribution in [1.29, 1.82) is 5.26 Å². The second-order valence-electron chi connectivity index (χ2n) is 7.94. The van der Waals surface area contributed by atoms with E-state index in [0.29, 0.717) is 27.8 Å². The summed E-state index contributed by atoms with van der Waals surface area (Å²) in [5, 5.41) is 9.92. The van der Waals surface area contributed by atoms with Crippen LogP contribution in [0.1, 0.15) is 36.2 Å². The number of rotatable bonds is 10. The second-order valence-corrected chi connectivity index (χ2v) is 10.5. The Hall–Kier alpha value is -2.93. The average molecular weight is 524 g/mol. The lowest BCUT2D eigenvalue weighted by molar-refractivity contribution is 0.301. The highest BCUT2D eigenvalue weighted by Gasteiger charge is 2.26. The van der Waals surface area contributed by atoms with Crippen molar-refractivity contribution in [3.05, 3.63) is 70.1 Å². The molecule has 0 bridgehead atoms. The summed E-state index contributed by atoms with van der Waals surface area (Å²) in [7, 11) is -3.47. The van der Waals surface area contributed by atoms with Crippen LogP contribution in [-0.4, -0.2) is 32.1 Å². The zero-order valence-electron chi connectivity index (χ0n) is 18.8. The molecule has 0 fully saturated rings. The summed E-state index contributed by atoms with van der Waals surface area (Å²) < 4.78 is 41.0. The first-order chi connectivity index (χ1) is 16.0. The first kappa shape index (κ1) is 25.7. The quantitative estimate of drug-likeness (QED) is 0.367. The third-order valence-corrected chi connectivity index (χ3v) is 5.98. The fourth-order valence-corrected chi connectivity index (χ4v) is 3.96. The molecule has 1 heterocycles. The van der Waals surface area contributed by atoms with Crippen LogP contribution in [0.4, 0.5) is 6.01 Å². The lowest BCUT2D eigenvalue weighted by Crippen LogP contribution is -2.19. The van der Waals surface area contributed by atoms with E-state index in [2.05, 4.69) is 15.8 Å². The van der Waals surface area contributed by atoms with Gasteiger partial charge in [0.15, 0.2) is 5.75 Å². The minimum atomic E-state index is -3.47. The number of benzene rings is 2. The van der Waals surface area contributed by atoms with Gasteiger partial charge in [0.2, 0.25) is 10.0 Å². The Morgan fingerprint density at radius 1 is 1.18 bits per heavy atom. The normalized spacial score (nSPS) is 11.6. The maximum Gasteiger partial charge on any atom is 0.308 e. The molecular formula is C23H23Cl2N3O5S. The van der Waals surface area contributed by atoms with E-state index in [9.17, 15) is 13.7 Å². The van der Waals surface area contributed by atoms with E-state index in [1.807, 2.05) is 38.1 Å². The SMILES string of the molecule is CC(C)(c1ccc(OCc2coc(NS(C)(=O)=O)n2)cc1)c1cc(Cl)c(OCCCl)c(C#N)c1. The molecule has 0 amide bonds. The molecule has 0 atom stereocenters. The minimum Gasteiger partial charge on any atom is -0.489 e. The molecule has 0 radical (unpaired) electrons. The van der Waals surface area contributed by atoms with Gasteiger partial charge in [-0.3, -0.25) is 0 Å². The molecule has 2 aromatic carbocycles. The Bertz CT molecular complexity index is 1300. The molecule has 1 aromatic heterocycles. The second kappa shape index (κ2) is 10.6. The van der Waals surface area contributed by atoms with Gasteiger partial charge in [-0.15, -0.1) is 11.6 Å². The Labute approximate surface area is 208 Å². The molecule has 0 saturated carbocycles. The summed E-state index contributed by atoms with van der Waals surface area (Å²) in [6, 6.07) is 13.1. The highest BCUT2D eigenvalue weighted by Crippen LogP contribution is 2.38. The first-order valence-electron chi connectivity index (χ1n) is 10.1.